The number of rotatable bonds is 16. The molecular weight excluding hydrogens is 284 g/mol. The summed E-state index contributed by atoms with van der Waals surface area (Å²) in [5, 5.41) is 2.31. The first-order valence-electron chi connectivity index (χ1n) is 10.5. The SMILES string of the molecule is CCCCCCCCCCCCCCCCNN1CCOCC1. The van der Waals surface area contributed by atoms with Gasteiger partial charge in [-0.25, -0.2) is 5.01 Å². The molecule has 23 heavy (non-hydrogen) atoms. The summed E-state index contributed by atoms with van der Waals surface area (Å²) in [7, 11) is 0. The number of nitrogens with one attached hydrogen (secondary N) is 1. The third-order valence-electron chi connectivity index (χ3n) is 4.88. The molecule has 0 amide bonds. The predicted molar refractivity (Wildman–Crippen MR) is 101 cm³/mol. The molecule has 0 atom stereocenters. The Kier molecular flexibility index (Phi) is 15.2. The summed E-state index contributed by atoms with van der Waals surface area (Å²) < 4.78 is 5.35. The molecule has 1 aliphatic heterocycles. The van der Waals surface area contributed by atoms with Crippen LogP contribution in [0.15, 0.2) is 0 Å². The number of hydrogen-bond acceptors (Lipinski definition) is 3. The number of nitrogens with zero attached hydrogens (tertiary/aromatic N) is 1. The van der Waals surface area contributed by atoms with Gasteiger partial charge < -0.3 is 4.74 Å². The van der Waals surface area contributed by atoms with Crippen LogP contribution in [0.1, 0.15) is 96.8 Å². The van der Waals surface area contributed by atoms with Crippen LogP contribution in [-0.2, 0) is 4.74 Å². The second kappa shape index (κ2) is 16.7. The largest absolute Gasteiger partial charge is 0.379 e. The Morgan fingerprint density at radius 3 is 1.57 bits per heavy atom. The van der Waals surface area contributed by atoms with Crippen LogP contribution in [0.5, 0.6) is 0 Å². The fourth-order valence-electron chi connectivity index (χ4n) is 3.28. The van der Waals surface area contributed by atoms with Gasteiger partial charge >= 0.3 is 0 Å². The van der Waals surface area contributed by atoms with Crippen molar-refractivity contribution >= 4 is 0 Å². The number of hydrazine groups is 1. The summed E-state index contributed by atoms with van der Waals surface area (Å²) in [6.07, 6.45) is 20.1. The molecule has 0 unspecified atom stereocenters. The molecule has 1 N–H and O–H groups in total. The third kappa shape index (κ3) is 14.0. The van der Waals surface area contributed by atoms with Gasteiger partial charge in [-0.05, 0) is 6.42 Å². The van der Waals surface area contributed by atoms with E-state index in [1.165, 1.54) is 89.9 Å². The Balaban J connectivity index is 1.67. The molecule has 0 aromatic carbocycles. The van der Waals surface area contributed by atoms with Gasteiger partial charge in [-0.3, -0.25) is 5.43 Å². The van der Waals surface area contributed by atoms with Gasteiger partial charge in [-0.2, -0.15) is 0 Å². The number of unbranched alkanes of at least 4 members (excludes halogenated alkanes) is 13. The van der Waals surface area contributed by atoms with Crippen molar-refractivity contribution in [1.82, 2.24) is 10.4 Å². The summed E-state index contributed by atoms with van der Waals surface area (Å²) in [4.78, 5) is 0. The summed E-state index contributed by atoms with van der Waals surface area (Å²) in [5.41, 5.74) is 3.52. The Hall–Kier alpha value is -0.120. The van der Waals surface area contributed by atoms with Crippen molar-refractivity contribution in [2.45, 2.75) is 96.8 Å². The molecule has 0 aromatic heterocycles. The first-order chi connectivity index (χ1) is 11.4. The van der Waals surface area contributed by atoms with E-state index in [1.807, 2.05) is 0 Å². The van der Waals surface area contributed by atoms with Crippen LogP contribution in [0.25, 0.3) is 0 Å². The van der Waals surface area contributed by atoms with E-state index < -0.39 is 0 Å². The lowest BCUT2D eigenvalue weighted by Gasteiger charge is -2.27. The van der Waals surface area contributed by atoms with Crippen LogP contribution in [-0.4, -0.2) is 37.9 Å². The Labute approximate surface area is 145 Å². The topological polar surface area (TPSA) is 24.5 Å². The predicted octanol–water partition coefficient (Wildman–Crippen LogP) is 5.30. The maximum absolute atomic E-state index is 5.35. The molecule has 3 nitrogen and oxygen atoms in total. The van der Waals surface area contributed by atoms with E-state index in [0.717, 1.165) is 32.8 Å². The van der Waals surface area contributed by atoms with Gasteiger partial charge in [-0.15, -0.1) is 0 Å². The summed E-state index contributed by atoms with van der Waals surface area (Å²) in [6.45, 7) is 7.27. The minimum atomic E-state index is 0.881. The molecule has 1 saturated heterocycles. The normalized spacial score (nSPS) is 16.0. The van der Waals surface area contributed by atoms with E-state index in [4.69, 9.17) is 4.74 Å². The molecule has 0 radical (unpaired) electrons. The molecule has 0 aromatic rings. The highest BCUT2D eigenvalue weighted by molar-refractivity contribution is 4.57. The standard InChI is InChI=1S/C20H42N2O/c1-2-3-4-5-6-7-8-9-10-11-12-13-14-15-16-21-22-17-19-23-20-18-22/h21H,2-20H2,1H3. The average molecular weight is 327 g/mol. The van der Waals surface area contributed by atoms with Gasteiger partial charge in [-0.1, -0.05) is 90.4 Å². The van der Waals surface area contributed by atoms with Crippen LogP contribution in [0, 0.1) is 0 Å². The van der Waals surface area contributed by atoms with Gasteiger partial charge in [0.25, 0.3) is 0 Å². The third-order valence-corrected chi connectivity index (χ3v) is 4.88. The molecule has 1 rings (SSSR count). The summed E-state index contributed by atoms with van der Waals surface area (Å²) in [5.74, 6) is 0. The van der Waals surface area contributed by atoms with Gasteiger partial charge in [0, 0.05) is 19.6 Å². The Bertz CT molecular complexity index is 230. The average Bonchev–Trinajstić information content (AvgIpc) is 2.59. The van der Waals surface area contributed by atoms with E-state index >= 15 is 0 Å². The lowest BCUT2D eigenvalue weighted by Crippen LogP contribution is -2.45. The molecule has 0 aliphatic carbocycles. The van der Waals surface area contributed by atoms with Crippen LogP contribution in [0.2, 0.25) is 0 Å². The highest BCUT2D eigenvalue weighted by Gasteiger charge is 2.08. The Morgan fingerprint density at radius 2 is 1.09 bits per heavy atom. The molecule has 1 fully saturated rings. The molecule has 3 heteroatoms. The highest BCUT2D eigenvalue weighted by atomic mass is 16.5. The van der Waals surface area contributed by atoms with Crippen LogP contribution in [0.3, 0.4) is 0 Å². The van der Waals surface area contributed by atoms with Crippen molar-refractivity contribution < 1.29 is 4.74 Å². The molecule has 0 spiro atoms. The van der Waals surface area contributed by atoms with Crippen molar-refractivity contribution in [3.8, 4) is 0 Å². The summed E-state index contributed by atoms with van der Waals surface area (Å²) >= 11 is 0. The molecule has 1 heterocycles. The number of hydrogen-bond donors (Lipinski definition) is 1. The van der Waals surface area contributed by atoms with Gasteiger partial charge in [0.2, 0.25) is 0 Å². The van der Waals surface area contributed by atoms with Crippen LogP contribution >= 0.6 is 0 Å². The fourth-order valence-corrected chi connectivity index (χ4v) is 3.28. The molecule has 1 aliphatic rings. The van der Waals surface area contributed by atoms with E-state index in [9.17, 15) is 0 Å². The van der Waals surface area contributed by atoms with E-state index in [2.05, 4.69) is 17.4 Å². The lowest BCUT2D eigenvalue weighted by molar-refractivity contribution is 0.0118. The molecule has 0 saturated carbocycles. The maximum atomic E-state index is 5.35. The zero-order chi connectivity index (χ0) is 16.4. The molecular formula is C20H42N2O. The van der Waals surface area contributed by atoms with Crippen LogP contribution in [0.4, 0.5) is 0 Å². The zero-order valence-electron chi connectivity index (χ0n) is 15.8. The van der Waals surface area contributed by atoms with Gasteiger partial charge in [0.05, 0.1) is 13.2 Å². The fraction of sp³-hybridized carbons (Fsp3) is 1.00. The van der Waals surface area contributed by atoms with Crippen molar-refractivity contribution in [1.29, 1.82) is 0 Å². The molecule has 138 valence electrons. The highest BCUT2D eigenvalue weighted by Crippen LogP contribution is 2.12. The quantitative estimate of drug-likeness (QED) is 0.389. The first-order valence-corrected chi connectivity index (χ1v) is 10.5. The number of ether oxygens (including phenoxy) is 1. The van der Waals surface area contributed by atoms with Crippen LogP contribution < -0.4 is 5.43 Å². The van der Waals surface area contributed by atoms with E-state index in [1.54, 1.807) is 0 Å². The maximum Gasteiger partial charge on any atom is 0.0608 e. The minimum absolute atomic E-state index is 0.881. The van der Waals surface area contributed by atoms with E-state index in [0.29, 0.717) is 0 Å². The van der Waals surface area contributed by atoms with Crippen molar-refractivity contribution in [3.05, 3.63) is 0 Å². The minimum Gasteiger partial charge on any atom is -0.379 e. The lowest BCUT2D eigenvalue weighted by atomic mass is 10.0. The Morgan fingerprint density at radius 1 is 0.652 bits per heavy atom. The van der Waals surface area contributed by atoms with E-state index in [-0.39, 0.29) is 0 Å². The van der Waals surface area contributed by atoms with Crippen molar-refractivity contribution in [2.75, 3.05) is 32.8 Å². The summed E-state index contributed by atoms with van der Waals surface area (Å²) in [6, 6.07) is 0. The molecule has 0 bridgehead atoms. The smallest absolute Gasteiger partial charge is 0.0608 e. The zero-order valence-corrected chi connectivity index (χ0v) is 15.8. The van der Waals surface area contributed by atoms with Gasteiger partial charge in [0.1, 0.15) is 0 Å². The van der Waals surface area contributed by atoms with Gasteiger partial charge in [0.15, 0.2) is 0 Å². The second-order valence-electron chi connectivity index (χ2n) is 7.10. The number of morpholine rings is 1. The first kappa shape index (κ1) is 20.9. The monoisotopic (exact) mass is 326 g/mol. The van der Waals surface area contributed by atoms with Crippen molar-refractivity contribution in [2.24, 2.45) is 0 Å². The second-order valence-corrected chi connectivity index (χ2v) is 7.10. The van der Waals surface area contributed by atoms with Crippen molar-refractivity contribution in [3.63, 3.8) is 0 Å².